The van der Waals surface area contributed by atoms with Crippen LogP contribution in [0.1, 0.15) is 13.8 Å². The molecule has 0 aromatic heterocycles. The SMILES string of the molecule is CC(C)COCCOCCOCCCl. The third-order valence-corrected chi connectivity index (χ3v) is 1.57. The van der Waals surface area contributed by atoms with Gasteiger partial charge in [0.2, 0.25) is 0 Å². The number of halogens is 1. The highest BCUT2D eigenvalue weighted by atomic mass is 35.5. The lowest BCUT2D eigenvalue weighted by Crippen LogP contribution is -2.11. The Morgan fingerprint density at radius 1 is 0.857 bits per heavy atom. The first kappa shape index (κ1) is 14.2. The van der Waals surface area contributed by atoms with E-state index in [1.807, 2.05) is 0 Å². The summed E-state index contributed by atoms with van der Waals surface area (Å²) in [6, 6.07) is 0. The van der Waals surface area contributed by atoms with Crippen LogP contribution >= 0.6 is 11.6 Å². The molecule has 0 spiro atoms. The van der Waals surface area contributed by atoms with Gasteiger partial charge in [0.1, 0.15) is 0 Å². The van der Waals surface area contributed by atoms with E-state index in [2.05, 4.69) is 13.8 Å². The monoisotopic (exact) mass is 224 g/mol. The van der Waals surface area contributed by atoms with Gasteiger partial charge in [0.15, 0.2) is 0 Å². The molecule has 0 radical (unpaired) electrons. The van der Waals surface area contributed by atoms with E-state index in [0.717, 1.165) is 6.61 Å². The molecule has 0 heterocycles. The summed E-state index contributed by atoms with van der Waals surface area (Å²) in [4.78, 5) is 0. The highest BCUT2D eigenvalue weighted by molar-refractivity contribution is 6.17. The molecule has 0 bridgehead atoms. The lowest BCUT2D eigenvalue weighted by atomic mass is 10.2. The van der Waals surface area contributed by atoms with Crippen molar-refractivity contribution in [1.82, 2.24) is 0 Å². The Balaban J connectivity index is 2.85. The summed E-state index contributed by atoms with van der Waals surface area (Å²) in [5.74, 6) is 1.12. The van der Waals surface area contributed by atoms with Crippen LogP contribution in [0.15, 0.2) is 0 Å². The number of ether oxygens (including phenoxy) is 3. The molecule has 0 aliphatic rings. The molecule has 0 aromatic rings. The van der Waals surface area contributed by atoms with Crippen LogP contribution in [0, 0.1) is 5.92 Å². The summed E-state index contributed by atoms with van der Waals surface area (Å²) in [6.07, 6.45) is 0. The molecule has 0 saturated heterocycles. The first-order chi connectivity index (χ1) is 6.77. The van der Waals surface area contributed by atoms with Gasteiger partial charge in [-0.3, -0.25) is 0 Å². The standard InChI is InChI=1S/C10H21ClO3/c1-10(2)9-14-8-7-13-6-5-12-4-3-11/h10H,3-9H2,1-2H3. The molecule has 14 heavy (non-hydrogen) atoms. The maximum atomic E-state index is 5.43. The molecule has 0 fully saturated rings. The Bertz CT molecular complexity index is 110. The Morgan fingerprint density at radius 2 is 1.36 bits per heavy atom. The zero-order chi connectivity index (χ0) is 10.6. The zero-order valence-corrected chi connectivity index (χ0v) is 9.89. The van der Waals surface area contributed by atoms with Gasteiger partial charge in [-0.1, -0.05) is 13.8 Å². The fourth-order valence-electron chi connectivity index (χ4n) is 0.813. The molecule has 86 valence electrons. The summed E-state index contributed by atoms with van der Waals surface area (Å²) < 4.78 is 15.7. The molecule has 3 nitrogen and oxygen atoms in total. The van der Waals surface area contributed by atoms with Crippen molar-refractivity contribution < 1.29 is 14.2 Å². The van der Waals surface area contributed by atoms with Gasteiger partial charge in [0.25, 0.3) is 0 Å². The fraction of sp³-hybridized carbons (Fsp3) is 1.00. The summed E-state index contributed by atoms with van der Waals surface area (Å²) in [5, 5.41) is 0. The third kappa shape index (κ3) is 12.2. The topological polar surface area (TPSA) is 27.7 Å². The molecule has 0 aliphatic heterocycles. The Kier molecular flexibility index (Phi) is 11.4. The summed E-state index contributed by atoms with van der Waals surface area (Å²) in [5.41, 5.74) is 0. The smallest absolute Gasteiger partial charge is 0.0701 e. The van der Waals surface area contributed by atoms with Crippen LogP contribution in [-0.4, -0.2) is 45.5 Å². The Labute approximate surface area is 91.7 Å². The molecule has 0 N–H and O–H groups in total. The van der Waals surface area contributed by atoms with E-state index in [-0.39, 0.29) is 0 Å². The number of rotatable bonds is 10. The molecule has 4 heteroatoms. The lowest BCUT2D eigenvalue weighted by Gasteiger charge is -2.07. The largest absolute Gasteiger partial charge is 0.379 e. The summed E-state index contributed by atoms with van der Waals surface area (Å²) >= 11 is 5.43. The normalized spacial score (nSPS) is 11.1. The van der Waals surface area contributed by atoms with Gasteiger partial charge in [-0.15, -0.1) is 11.6 Å². The first-order valence-corrected chi connectivity index (χ1v) is 5.60. The van der Waals surface area contributed by atoms with E-state index in [4.69, 9.17) is 25.8 Å². The predicted octanol–water partition coefficient (Wildman–Crippen LogP) is 1.93. The van der Waals surface area contributed by atoms with Crippen LogP contribution < -0.4 is 0 Å². The van der Waals surface area contributed by atoms with Crippen molar-refractivity contribution in [1.29, 1.82) is 0 Å². The van der Waals surface area contributed by atoms with Crippen molar-refractivity contribution in [3.8, 4) is 0 Å². The van der Waals surface area contributed by atoms with Gasteiger partial charge < -0.3 is 14.2 Å². The lowest BCUT2D eigenvalue weighted by molar-refractivity contribution is 0.0119. The van der Waals surface area contributed by atoms with E-state index in [1.54, 1.807) is 0 Å². The summed E-state index contributed by atoms with van der Waals surface area (Å²) in [7, 11) is 0. The molecule has 0 aliphatic carbocycles. The Hall–Kier alpha value is 0.170. The van der Waals surface area contributed by atoms with Gasteiger partial charge in [-0.05, 0) is 5.92 Å². The van der Waals surface area contributed by atoms with Gasteiger partial charge in [0, 0.05) is 12.5 Å². The molecule has 0 saturated carbocycles. The van der Waals surface area contributed by atoms with Crippen LogP contribution in [0.4, 0.5) is 0 Å². The second-order valence-electron chi connectivity index (χ2n) is 3.38. The average Bonchev–Trinajstić information content (AvgIpc) is 2.15. The van der Waals surface area contributed by atoms with E-state index >= 15 is 0 Å². The highest BCUT2D eigenvalue weighted by Gasteiger charge is 1.93. The minimum absolute atomic E-state index is 0.539. The summed E-state index contributed by atoms with van der Waals surface area (Å²) in [6.45, 7) is 8.16. The fourth-order valence-corrected chi connectivity index (χ4v) is 0.923. The first-order valence-electron chi connectivity index (χ1n) is 5.06. The second-order valence-corrected chi connectivity index (χ2v) is 3.76. The van der Waals surface area contributed by atoms with Crippen LogP contribution in [0.3, 0.4) is 0 Å². The minimum atomic E-state index is 0.539. The quantitative estimate of drug-likeness (QED) is 0.419. The molecule has 0 aromatic carbocycles. The number of hydrogen-bond acceptors (Lipinski definition) is 3. The molecule has 0 unspecified atom stereocenters. The average molecular weight is 225 g/mol. The van der Waals surface area contributed by atoms with E-state index < -0.39 is 0 Å². The van der Waals surface area contributed by atoms with E-state index in [0.29, 0.717) is 44.8 Å². The van der Waals surface area contributed by atoms with Gasteiger partial charge in [-0.2, -0.15) is 0 Å². The van der Waals surface area contributed by atoms with Crippen molar-refractivity contribution >= 4 is 11.6 Å². The molecule has 0 rings (SSSR count). The maximum Gasteiger partial charge on any atom is 0.0701 e. The molecule has 0 atom stereocenters. The van der Waals surface area contributed by atoms with Crippen LogP contribution in [0.25, 0.3) is 0 Å². The number of hydrogen-bond donors (Lipinski definition) is 0. The zero-order valence-electron chi connectivity index (χ0n) is 9.13. The highest BCUT2D eigenvalue weighted by Crippen LogP contribution is 1.91. The second kappa shape index (κ2) is 11.2. The molecule has 0 amide bonds. The third-order valence-electron chi connectivity index (χ3n) is 1.42. The van der Waals surface area contributed by atoms with Gasteiger partial charge in [0.05, 0.1) is 33.0 Å². The van der Waals surface area contributed by atoms with Crippen molar-refractivity contribution in [3.05, 3.63) is 0 Å². The maximum absolute atomic E-state index is 5.43. The van der Waals surface area contributed by atoms with Crippen LogP contribution in [-0.2, 0) is 14.2 Å². The van der Waals surface area contributed by atoms with Gasteiger partial charge >= 0.3 is 0 Å². The molecular weight excluding hydrogens is 204 g/mol. The minimum Gasteiger partial charge on any atom is -0.379 e. The van der Waals surface area contributed by atoms with Crippen LogP contribution in [0.2, 0.25) is 0 Å². The molecular formula is C10H21ClO3. The Morgan fingerprint density at radius 3 is 1.86 bits per heavy atom. The van der Waals surface area contributed by atoms with Gasteiger partial charge in [-0.25, -0.2) is 0 Å². The van der Waals surface area contributed by atoms with Crippen molar-refractivity contribution in [2.24, 2.45) is 5.92 Å². The van der Waals surface area contributed by atoms with Crippen molar-refractivity contribution in [2.45, 2.75) is 13.8 Å². The van der Waals surface area contributed by atoms with Crippen LogP contribution in [0.5, 0.6) is 0 Å². The van der Waals surface area contributed by atoms with E-state index in [9.17, 15) is 0 Å². The predicted molar refractivity (Wildman–Crippen MR) is 58.0 cm³/mol. The number of alkyl halides is 1. The van der Waals surface area contributed by atoms with Crippen molar-refractivity contribution in [3.63, 3.8) is 0 Å². The van der Waals surface area contributed by atoms with E-state index in [1.165, 1.54) is 0 Å². The van der Waals surface area contributed by atoms with Crippen molar-refractivity contribution in [2.75, 3.05) is 45.5 Å².